The zero-order chi connectivity index (χ0) is 10.4. The first-order chi connectivity index (χ1) is 6.72. The van der Waals surface area contributed by atoms with Gasteiger partial charge in [0.25, 0.3) is 0 Å². The SMILES string of the molecule is C#CC1(OC(=O)NC)CCCCCC1. The Bertz CT molecular complexity index is 234. The van der Waals surface area contributed by atoms with E-state index in [-0.39, 0.29) is 0 Å². The van der Waals surface area contributed by atoms with Crippen molar-refractivity contribution in [2.24, 2.45) is 0 Å². The van der Waals surface area contributed by atoms with Crippen LogP contribution in [0.4, 0.5) is 4.79 Å². The molecule has 1 aliphatic rings. The first kappa shape index (κ1) is 10.9. The van der Waals surface area contributed by atoms with Crippen molar-refractivity contribution in [3.8, 4) is 12.3 Å². The standard InChI is InChI=1S/C11H17NO2/c1-3-11(14-10(13)12-2)8-6-4-5-7-9-11/h1H,4-9H2,2H3,(H,12,13). The predicted molar refractivity (Wildman–Crippen MR) is 54.8 cm³/mol. The summed E-state index contributed by atoms with van der Waals surface area (Å²) in [7, 11) is 1.54. The summed E-state index contributed by atoms with van der Waals surface area (Å²) in [6.45, 7) is 0. The van der Waals surface area contributed by atoms with E-state index < -0.39 is 11.7 Å². The van der Waals surface area contributed by atoms with Crippen molar-refractivity contribution in [3.63, 3.8) is 0 Å². The summed E-state index contributed by atoms with van der Waals surface area (Å²) in [5.74, 6) is 2.64. The van der Waals surface area contributed by atoms with Gasteiger partial charge < -0.3 is 10.1 Å². The van der Waals surface area contributed by atoms with E-state index in [1.165, 1.54) is 12.8 Å². The monoisotopic (exact) mass is 195 g/mol. The molecule has 3 nitrogen and oxygen atoms in total. The first-order valence-electron chi connectivity index (χ1n) is 5.11. The third-order valence-electron chi connectivity index (χ3n) is 2.67. The van der Waals surface area contributed by atoms with Crippen LogP contribution in [0.3, 0.4) is 0 Å². The summed E-state index contributed by atoms with van der Waals surface area (Å²) in [6, 6.07) is 0. The molecule has 0 aromatic carbocycles. The van der Waals surface area contributed by atoms with Crippen LogP contribution < -0.4 is 5.32 Å². The number of nitrogens with one attached hydrogen (secondary N) is 1. The van der Waals surface area contributed by atoms with Crippen molar-refractivity contribution in [2.45, 2.75) is 44.1 Å². The van der Waals surface area contributed by atoms with Gasteiger partial charge in [0, 0.05) is 7.05 Å². The highest BCUT2D eigenvalue weighted by Gasteiger charge is 2.32. The van der Waals surface area contributed by atoms with E-state index in [1.807, 2.05) is 0 Å². The van der Waals surface area contributed by atoms with Gasteiger partial charge in [0.05, 0.1) is 0 Å². The lowest BCUT2D eigenvalue weighted by Gasteiger charge is -2.26. The molecule has 0 heterocycles. The zero-order valence-corrected chi connectivity index (χ0v) is 8.64. The molecule has 0 atom stereocenters. The molecular weight excluding hydrogens is 178 g/mol. The summed E-state index contributed by atoms with van der Waals surface area (Å²) < 4.78 is 5.27. The molecule has 78 valence electrons. The first-order valence-corrected chi connectivity index (χ1v) is 5.11. The van der Waals surface area contributed by atoms with Crippen LogP contribution in [0.15, 0.2) is 0 Å². The number of rotatable bonds is 1. The highest BCUT2D eigenvalue weighted by Crippen LogP contribution is 2.29. The largest absolute Gasteiger partial charge is 0.430 e. The molecule has 0 spiro atoms. The Hall–Kier alpha value is -1.17. The van der Waals surface area contributed by atoms with Gasteiger partial charge in [-0.15, -0.1) is 6.42 Å². The Kier molecular flexibility index (Phi) is 3.82. The van der Waals surface area contributed by atoms with Crippen LogP contribution in [-0.4, -0.2) is 18.7 Å². The Morgan fingerprint density at radius 2 is 1.93 bits per heavy atom. The van der Waals surface area contributed by atoms with E-state index in [2.05, 4.69) is 11.2 Å². The molecule has 1 N–H and O–H groups in total. The number of alkyl carbamates (subject to hydrolysis) is 1. The molecule has 0 saturated heterocycles. The minimum Gasteiger partial charge on any atom is -0.430 e. The average molecular weight is 195 g/mol. The molecule has 0 aliphatic heterocycles. The van der Waals surface area contributed by atoms with Crippen molar-refractivity contribution >= 4 is 6.09 Å². The normalized spacial score (nSPS) is 20.3. The highest BCUT2D eigenvalue weighted by molar-refractivity contribution is 5.67. The zero-order valence-electron chi connectivity index (χ0n) is 8.64. The van der Waals surface area contributed by atoms with Crippen molar-refractivity contribution in [1.29, 1.82) is 0 Å². The third kappa shape index (κ3) is 2.66. The molecular formula is C11H17NO2. The van der Waals surface area contributed by atoms with Crippen LogP contribution in [0.1, 0.15) is 38.5 Å². The number of terminal acetylenes is 1. The summed E-state index contributed by atoms with van der Waals surface area (Å²) in [5, 5.41) is 2.44. The second kappa shape index (κ2) is 4.90. The fourth-order valence-corrected chi connectivity index (χ4v) is 1.80. The molecule has 1 fully saturated rings. The summed E-state index contributed by atoms with van der Waals surface area (Å²) >= 11 is 0. The van der Waals surface area contributed by atoms with Crippen molar-refractivity contribution < 1.29 is 9.53 Å². The van der Waals surface area contributed by atoms with Gasteiger partial charge in [-0.3, -0.25) is 0 Å². The lowest BCUT2D eigenvalue weighted by Crippen LogP contribution is -2.36. The smallest absolute Gasteiger partial charge is 0.408 e. The van der Waals surface area contributed by atoms with Gasteiger partial charge in [0.1, 0.15) is 0 Å². The highest BCUT2D eigenvalue weighted by atomic mass is 16.6. The molecule has 1 aliphatic carbocycles. The fraction of sp³-hybridized carbons (Fsp3) is 0.727. The van der Waals surface area contributed by atoms with Gasteiger partial charge in [-0.2, -0.15) is 0 Å². The summed E-state index contributed by atoms with van der Waals surface area (Å²) in [5.41, 5.74) is -0.656. The number of amides is 1. The molecule has 3 heteroatoms. The fourth-order valence-electron chi connectivity index (χ4n) is 1.80. The van der Waals surface area contributed by atoms with Crippen molar-refractivity contribution in [2.75, 3.05) is 7.05 Å². The van der Waals surface area contributed by atoms with E-state index in [9.17, 15) is 4.79 Å². The van der Waals surface area contributed by atoms with E-state index >= 15 is 0 Å². The van der Waals surface area contributed by atoms with Gasteiger partial charge in [0.15, 0.2) is 5.60 Å². The van der Waals surface area contributed by atoms with Crippen LogP contribution in [0.2, 0.25) is 0 Å². The number of carbonyl (C=O) groups is 1. The lowest BCUT2D eigenvalue weighted by molar-refractivity contribution is 0.0444. The van der Waals surface area contributed by atoms with Crippen LogP contribution in [-0.2, 0) is 4.74 Å². The van der Waals surface area contributed by atoms with E-state index in [1.54, 1.807) is 7.05 Å². The molecule has 0 bridgehead atoms. The van der Waals surface area contributed by atoms with E-state index in [0.29, 0.717) is 0 Å². The quantitative estimate of drug-likeness (QED) is 0.514. The third-order valence-corrected chi connectivity index (χ3v) is 2.67. The number of hydrogen-bond donors (Lipinski definition) is 1. The molecule has 0 radical (unpaired) electrons. The molecule has 0 aromatic heterocycles. The number of ether oxygens (including phenoxy) is 1. The lowest BCUT2D eigenvalue weighted by atomic mass is 9.95. The van der Waals surface area contributed by atoms with Gasteiger partial charge in [-0.05, 0) is 25.7 Å². The maximum Gasteiger partial charge on any atom is 0.408 e. The Balaban J connectivity index is 2.64. The molecule has 1 saturated carbocycles. The van der Waals surface area contributed by atoms with Gasteiger partial charge in [0.2, 0.25) is 0 Å². The molecule has 1 amide bonds. The Labute approximate surface area is 85.2 Å². The number of carbonyl (C=O) groups excluding carboxylic acids is 1. The van der Waals surface area contributed by atoms with E-state index in [0.717, 1.165) is 25.7 Å². The van der Waals surface area contributed by atoms with Crippen LogP contribution in [0, 0.1) is 12.3 Å². The maximum atomic E-state index is 11.1. The summed E-state index contributed by atoms with van der Waals surface area (Å²) in [4.78, 5) is 11.1. The summed E-state index contributed by atoms with van der Waals surface area (Å²) in [6.07, 6.45) is 11.1. The van der Waals surface area contributed by atoms with Crippen LogP contribution in [0.5, 0.6) is 0 Å². The van der Waals surface area contributed by atoms with Gasteiger partial charge in [-0.25, -0.2) is 4.79 Å². The second-order valence-electron chi connectivity index (χ2n) is 3.69. The Morgan fingerprint density at radius 3 is 2.36 bits per heavy atom. The molecule has 0 aromatic rings. The minimum atomic E-state index is -0.656. The van der Waals surface area contributed by atoms with E-state index in [4.69, 9.17) is 11.2 Å². The molecule has 14 heavy (non-hydrogen) atoms. The molecule has 0 unspecified atom stereocenters. The second-order valence-corrected chi connectivity index (χ2v) is 3.69. The maximum absolute atomic E-state index is 11.1. The topological polar surface area (TPSA) is 38.3 Å². The van der Waals surface area contributed by atoms with Crippen molar-refractivity contribution in [1.82, 2.24) is 5.32 Å². The number of hydrogen-bond acceptors (Lipinski definition) is 2. The average Bonchev–Trinajstić information content (AvgIpc) is 2.44. The Morgan fingerprint density at radius 1 is 1.36 bits per heavy atom. The van der Waals surface area contributed by atoms with Crippen LogP contribution >= 0.6 is 0 Å². The van der Waals surface area contributed by atoms with Gasteiger partial charge >= 0.3 is 6.09 Å². The van der Waals surface area contributed by atoms with Gasteiger partial charge in [-0.1, -0.05) is 18.8 Å². The minimum absolute atomic E-state index is 0.426. The van der Waals surface area contributed by atoms with Crippen LogP contribution in [0.25, 0.3) is 0 Å². The molecule has 1 rings (SSSR count). The van der Waals surface area contributed by atoms with Crippen molar-refractivity contribution in [3.05, 3.63) is 0 Å². The predicted octanol–water partition coefficient (Wildman–Crippen LogP) is 2.07.